The molecule has 0 radical (unpaired) electrons. The fourth-order valence-corrected chi connectivity index (χ4v) is 2.31. The van der Waals surface area contributed by atoms with E-state index in [9.17, 15) is 0 Å². The Kier molecular flexibility index (Phi) is 2.29. The predicted octanol–water partition coefficient (Wildman–Crippen LogP) is 3.72. The lowest BCUT2D eigenvalue weighted by atomic mass is 9.89. The second-order valence-corrected chi connectivity index (χ2v) is 5.30. The number of hydrogen-bond donors (Lipinski definition) is 0. The highest BCUT2D eigenvalue weighted by Crippen LogP contribution is 2.38. The molecule has 1 aliphatic heterocycles. The molecular formula is C14H20O. The third kappa shape index (κ3) is 1.75. The van der Waals surface area contributed by atoms with Crippen molar-refractivity contribution in [2.75, 3.05) is 0 Å². The van der Waals surface area contributed by atoms with Gasteiger partial charge in [-0.3, -0.25) is 0 Å². The number of ether oxygens (including phenoxy) is 1. The van der Waals surface area contributed by atoms with Crippen molar-refractivity contribution in [2.45, 2.75) is 53.1 Å². The van der Waals surface area contributed by atoms with Crippen LogP contribution in [0.15, 0.2) is 6.07 Å². The molecule has 0 aromatic heterocycles. The van der Waals surface area contributed by atoms with Gasteiger partial charge in [0.15, 0.2) is 0 Å². The van der Waals surface area contributed by atoms with Gasteiger partial charge in [-0.1, -0.05) is 6.07 Å². The van der Waals surface area contributed by atoms with Crippen LogP contribution in [0.5, 0.6) is 5.75 Å². The van der Waals surface area contributed by atoms with Crippen LogP contribution in [0.4, 0.5) is 0 Å². The summed E-state index contributed by atoms with van der Waals surface area (Å²) >= 11 is 0. The summed E-state index contributed by atoms with van der Waals surface area (Å²) in [5.74, 6) is 1.14. The molecule has 0 aliphatic carbocycles. The molecule has 82 valence electrons. The van der Waals surface area contributed by atoms with Crippen molar-refractivity contribution in [3.63, 3.8) is 0 Å². The zero-order valence-electron chi connectivity index (χ0n) is 10.4. The second-order valence-electron chi connectivity index (χ2n) is 5.30. The number of hydrogen-bond acceptors (Lipinski definition) is 1. The molecule has 1 heteroatoms. The van der Waals surface area contributed by atoms with Gasteiger partial charge in [0, 0.05) is 0 Å². The van der Waals surface area contributed by atoms with E-state index in [2.05, 4.69) is 40.7 Å². The van der Waals surface area contributed by atoms with Crippen LogP contribution in [-0.4, -0.2) is 5.60 Å². The van der Waals surface area contributed by atoms with Gasteiger partial charge in [0.1, 0.15) is 11.4 Å². The lowest BCUT2D eigenvalue weighted by molar-refractivity contribution is 0.0834. The van der Waals surface area contributed by atoms with Crippen molar-refractivity contribution >= 4 is 0 Å². The first-order valence-corrected chi connectivity index (χ1v) is 5.69. The Bertz CT molecular complexity index is 402. The van der Waals surface area contributed by atoms with Gasteiger partial charge in [0.2, 0.25) is 0 Å². The van der Waals surface area contributed by atoms with Crippen LogP contribution in [0.25, 0.3) is 0 Å². The molecular weight excluding hydrogens is 184 g/mol. The Morgan fingerprint density at radius 2 is 1.80 bits per heavy atom. The molecule has 0 fully saturated rings. The van der Waals surface area contributed by atoms with E-state index in [4.69, 9.17) is 4.74 Å². The van der Waals surface area contributed by atoms with Crippen molar-refractivity contribution in [2.24, 2.45) is 0 Å². The average molecular weight is 204 g/mol. The zero-order chi connectivity index (χ0) is 11.2. The van der Waals surface area contributed by atoms with Gasteiger partial charge in [-0.2, -0.15) is 0 Å². The minimum Gasteiger partial charge on any atom is -0.487 e. The van der Waals surface area contributed by atoms with Crippen molar-refractivity contribution in [3.05, 3.63) is 28.3 Å². The molecule has 0 spiro atoms. The highest BCUT2D eigenvalue weighted by molar-refractivity contribution is 5.51. The van der Waals surface area contributed by atoms with Crippen molar-refractivity contribution in [3.8, 4) is 5.75 Å². The van der Waals surface area contributed by atoms with Gasteiger partial charge in [-0.25, -0.2) is 0 Å². The Morgan fingerprint density at radius 3 is 2.47 bits per heavy atom. The minimum absolute atomic E-state index is 0.00199. The number of aryl methyl sites for hydroxylation is 2. The molecule has 1 aliphatic rings. The fraction of sp³-hybridized carbons (Fsp3) is 0.571. The van der Waals surface area contributed by atoms with E-state index in [-0.39, 0.29) is 5.60 Å². The SMILES string of the molecule is Cc1cc(C)c2c(c1C)OC(C)(C)CC2. The van der Waals surface area contributed by atoms with E-state index >= 15 is 0 Å². The van der Waals surface area contributed by atoms with Crippen molar-refractivity contribution < 1.29 is 4.74 Å². The molecule has 0 unspecified atom stereocenters. The van der Waals surface area contributed by atoms with Crippen LogP contribution < -0.4 is 4.74 Å². The van der Waals surface area contributed by atoms with Gasteiger partial charge in [0.25, 0.3) is 0 Å². The Labute approximate surface area is 92.5 Å². The monoisotopic (exact) mass is 204 g/mol. The normalized spacial score (nSPS) is 18.2. The molecule has 1 heterocycles. The highest BCUT2D eigenvalue weighted by Gasteiger charge is 2.28. The largest absolute Gasteiger partial charge is 0.487 e. The van der Waals surface area contributed by atoms with E-state index in [0.29, 0.717) is 0 Å². The molecule has 2 rings (SSSR count). The molecule has 0 saturated carbocycles. The van der Waals surface area contributed by atoms with Crippen molar-refractivity contribution in [1.29, 1.82) is 0 Å². The van der Waals surface area contributed by atoms with E-state index in [1.807, 2.05) is 0 Å². The number of rotatable bonds is 0. The average Bonchev–Trinajstić information content (AvgIpc) is 2.13. The Balaban J connectivity index is 2.58. The van der Waals surface area contributed by atoms with Gasteiger partial charge in [-0.05, 0) is 69.7 Å². The van der Waals surface area contributed by atoms with Gasteiger partial charge >= 0.3 is 0 Å². The maximum atomic E-state index is 6.11. The van der Waals surface area contributed by atoms with Crippen LogP contribution in [0.2, 0.25) is 0 Å². The molecule has 0 N–H and O–H groups in total. The minimum atomic E-state index is -0.00199. The molecule has 0 saturated heterocycles. The van der Waals surface area contributed by atoms with E-state index in [0.717, 1.165) is 18.6 Å². The molecule has 1 aromatic rings. The van der Waals surface area contributed by atoms with E-state index in [1.54, 1.807) is 0 Å². The smallest absolute Gasteiger partial charge is 0.126 e. The summed E-state index contributed by atoms with van der Waals surface area (Å²) < 4.78 is 6.11. The third-order valence-corrected chi connectivity index (χ3v) is 3.47. The summed E-state index contributed by atoms with van der Waals surface area (Å²) in [6.45, 7) is 10.9. The molecule has 0 atom stereocenters. The fourth-order valence-electron chi connectivity index (χ4n) is 2.31. The van der Waals surface area contributed by atoms with Crippen LogP contribution in [0.1, 0.15) is 42.5 Å². The first-order valence-electron chi connectivity index (χ1n) is 5.69. The van der Waals surface area contributed by atoms with Crippen molar-refractivity contribution in [1.82, 2.24) is 0 Å². The third-order valence-electron chi connectivity index (χ3n) is 3.47. The van der Waals surface area contributed by atoms with Crippen LogP contribution >= 0.6 is 0 Å². The summed E-state index contributed by atoms with van der Waals surface area (Å²) in [6, 6.07) is 2.27. The summed E-state index contributed by atoms with van der Waals surface area (Å²) in [5, 5.41) is 0. The van der Waals surface area contributed by atoms with Gasteiger partial charge < -0.3 is 4.74 Å². The first kappa shape index (κ1) is 10.5. The lowest BCUT2D eigenvalue weighted by Gasteiger charge is -2.34. The quantitative estimate of drug-likeness (QED) is 0.626. The highest BCUT2D eigenvalue weighted by atomic mass is 16.5. The van der Waals surface area contributed by atoms with E-state index < -0.39 is 0 Å². The topological polar surface area (TPSA) is 9.23 Å². The zero-order valence-corrected chi connectivity index (χ0v) is 10.4. The Morgan fingerprint density at radius 1 is 1.13 bits per heavy atom. The molecule has 15 heavy (non-hydrogen) atoms. The van der Waals surface area contributed by atoms with Crippen LogP contribution in [0, 0.1) is 20.8 Å². The van der Waals surface area contributed by atoms with Gasteiger partial charge in [0.05, 0.1) is 0 Å². The van der Waals surface area contributed by atoms with E-state index in [1.165, 1.54) is 22.3 Å². The maximum absolute atomic E-state index is 6.11. The molecule has 1 aromatic carbocycles. The maximum Gasteiger partial charge on any atom is 0.126 e. The molecule has 0 bridgehead atoms. The summed E-state index contributed by atoms with van der Waals surface area (Å²) in [7, 11) is 0. The Hall–Kier alpha value is -0.980. The molecule has 0 amide bonds. The lowest BCUT2D eigenvalue weighted by Crippen LogP contribution is -2.33. The summed E-state index contributed by atoms with van der Waals surface area (Å²) in [4.78, 5) is 0. The van der Waals surface area contributed by atoms with Crippen LogP contribution in [0.3, 0.4) is 0 Å². The van der Waals surface area contributed by atoms with Gasteiger partial charge in [-0.15, -0.1) is 0 Å². The van der Waals surface area contributed by atoms with Crippen LogP contribution in [-0.2, 0) is 6.42 Å². The predicted molar refractivity (Wildman–Crippen MR) is 63.7 cm³/mol. The standard InChI is InChI=1S/C14H20O/c1-9-8-10(2)12-6-7-14(4,5)15-13(12)11(9)3/h8H,6-7H2,1-5H3. The number of fused-ring (bicyclic) bond motifs is 1. The molecule has 1 nitrogen and oxygen atoms in total. The summed E-state index contributed by atoms with van der Waals surface area (Å²) in [6.07, 6.45) is 2.26. The number of benzene rings is 1. The second kappa shape index (κ2) is 3.26. The summed E-state index contributed by atoms with van der Waals surface area (Å²) in [5.41, 5.74) is 5.44. The first-order chi connectivity index (χ1) is 6.91.